The molecule has 21 heavy (non-hydrogen) atoms. The zero-order valence-electron chi connectivity index (χ0n) is 12.6. The number of rotatable bonds is 6. The van der Waals surface area contributed by atoms with Gasteiger partial charge in [-0.25, -0.2) is 0 Å². The first-order valence-corrected chi connectivity index (χ1v) is 7.00. The minimum atomic E-state index is -0.885. The number of amides is 1. The molecule has 0 radical (unpaired) electrons. The van der Waals surface area contributed by atoms with E-state index in [1.165, 1.54) is 0 Å². The molecule has 0 heterocycles. The van der Waals surface area contributed by atoms with Crippen LogP contribution in [0.15, 0.2) is 24.3 Å². The summed E-state index contributed by atoms with van der Waals surface area (Å²) in [5, 5.41) is 11.7. The molecule has 1 aliphatic rings. The fraction of sp³-hybridized carbons (Fsp3) is 0.500. The minimum Gasteiger partial charge on any atom is -0.497 e. The maximum Gasteiger partial charge on any atom is 0.307 e. The third kappa shape index (κ3) is 3.54. The van der Waals surface area contributed by atoms with E-state index in [1.54, 1.807) is 7.11 Å². The molecular weight excluding hydrogens is 270 g/mol. The van der Waals surface area contributed by atoms with Crippen molar-refractivity contribution in [2.45, 2.75) is 25.7 Å². The molecule has 2 unspecified atom stereocenters. The Hall–Kier alpha value is -2.04. The van der Waals surface area contributed by atoms with Crippen LogP contribution >= 0.6 is 0 Å². The largest absolute Gasteiger partial charge is 0.497 e. The van der Waals surface area contributed by atoms with Gasteiger partial charge in [-0.05, 0) is 24.1 Å². The number of nitrogens with one attached hydrogen (secondary N) is 1. The van der Waals surface area contributed by atoms with Gasteiger partial charge in [0.2, 0.25) is 5.91 Å². The zero-order chi connectivity index (χ0) is 15.6. The summed E-state index contributed by atoms with van der Waals surface area (Å²) in [6.07, 6.45) is 0.449. The Kier molecular flexibility index (Phi) is 4.21. The molecule has 1 aromatic carbocycles. The van der Waals surface area contributed by atoms with Gasteiger partial charge in [0.15, 0.2) is 0 Å². The summed E-state index contributed by atoms with van der Waals surface area (Å²) in [6.45, 7) is 4.55. The normalized spacial score (nSPS) is 20.7. The van der Waals surface area contributed by atoms with E-state index in [9.17, 15) is 9.59 Å². The Morgan fingerprint density at radius 3 is 2.38 bits per heavy atom. The maximum absolute atomic E-state index is 11.9. The summed E-state index contributed by atoms with van der Waals surface area (Å²) < 4.78 is 5.13. The van der Waals surface area contributed by atoms with E-state index in [0.29, 0.717) is 13.0 Å². The fourth-order valence-electron chi connectivity index (χ4n) is 2.34. The molecule has 0 aromatic heterocycles. The number of hydrogen-bond donors (Lipinski definition) is 2. The number of carboxylic acids is 1. The predicted molar refractivity (Wildman–Crippen MR) is 78.3 cm³/mol. The Morgan fingerprint density at radius 2 is 1.90 bits per heavy atom. The van der Waals surface area contributed by atoms with Crippen molar-refractivity contribution in [3.8, 4) is 5.75 Å². The number of aliphatic carboxylic acids is 1. The lowest BCUT2D eigenvalue weighted by Gasteiger charge is -2.26. The molecule has 0 aliphatic heterocycles. The van der Waals surface area contributed by atoms with Crippen LogP contribution in [0.25, 0.3) is 0 Å². The quantitative estimate of drug-likeness (QED) is 0.838. The average molecular weight is 291 g/mol. The molecule has 5 heteroatoms. The molecule has 2 N–H and O–H groups in total. The van der Waals surface area contributed by atoms with Crippen LogP contribution in [0.3, 0.4) is 0 Å². The van der Waals surface area contributed by atoms with Gasteiger partial charge in [-0.3, -0.25) is 9.59 Å². The second-order valence-electron chi connectivity index (χ2n) is 6.12. The van der Waals surface area contributed by atoms with E-state index in [0.717, 1.165) is 11.3 Å². The van der Waals surface area contributed by atoms with E-state index >= 15 is 0 Å². The number of carboxylic acid groups (broad SMARTS) is 1. The molecule has 2 atom stereocenters. The van der Waals surface area contributed by atoms with E-state index < -0.39 is 11.9 Å². The fourth-order valence-corrected chi connectivity index (χ4v) is 2.34. The topological polar surface area (TPSA) is 75.6 Å². The van der Waals surface area contributed by atoms with Crippen molar-refractivity contribution >= 4 is 11.9 Å². The van der Waals surface area contributed by atoms with Crippen molar-refractivity contribution in [2.24, 2.45) is 11.8 Å². The molecule has 0 bridgehead atoms. The molecule has 1 amide bonds. The van der Waals surface area contributed by atoms with Crippen LogP contribution in [0.5, 0.6) is 5.75 Å². The number of hydrogen-bond acceptors (Lipinski definition) is 3. The average Bonchev–Trinajstić information content (AvgIpc) is 3.25. The van der Waals surface area contributed by atoms with Gasteiger partial charge in [-0.2, -0.15) is 0 Å². The van der Waals surface area contributed by atoms with Gasteiger partial charge < -0.3 is 15.2 Å². The summed E-state index contributed by atoms with van der Waals surface area (Å²) in [7, 11) is 1.62. The van der Waals surface area contributed by atoms with E-state index in [2.05, 4.69) is 5.32 Å². The molecule has 114 valence electrons. The van der Waals surface area contributed by atoms with Crippen LogP contribution in [0.4, 0.5) is 0 Å². The number of ether oxygens (including phenoxy) is 1. The summed E-state index contributed by atoms with van der Waals surface area (Å²) in [4.78, 5) is 22.7. The van der Waals surface area contributed by atoms with Crippen LogP contribution in [-0.2, 0) is 15.0 Å². The van der Waals surface area contributed by atoms with Gasteiger partial charge in [0.1, 0.15) is 5.75 Å². The molecular formula is C16H21NO4. The predicted octanol–water partition coefficient (Wildman–Crippen LogP) is 1.81. The third-order valence-corrected chi connectivity index (χ3v) is 4.02. The molecule has 1 aromatic rings. The van der Waals surface area contributed by atoms with Crippen LogP contribution < -0.4 is 10.1 Å². The second kappa shape index (κ2) is 5.76. The zero-order valence-corrected chi connectivity index (χ0v) is 12.6. The number of carbonyl (C=O) groups excluding carboxylic acids is 1. The maximum atomic E-state index is 11.9. The highest BCUT2D eigenvalue weighted by molar-refractivity contribution is 5.89. The van der Waals surface area contributed by atoms with Gasteiger partial charge in [0.05, 0.1) is 18.9 Å². The van der Waals surface area contributed by atoms with E-state index in [-0.39, 0.29) is 17.2 Å². The summed E-state index contributed by atoms with van der Waals surface area (Å²) in [6, 6.07) is 7.73. The Bertz CT molecular complexity index is 536. The van der Waals surface area contributed by atoms with E-state index in [4.69, 9.17) is 9.84 Å². The highest BCUT2D eigenvalue weighted by atomic mass is 16.5. The molecule has 1 aliphatic carbocycles. The second-order valence-corrected chi connectivity index (χ2v) is 6.12. The highest BCUT2D eigenvalue weighted by Gasteiger charge is 2.48. The van der Waals surface area contributed by atoms with Crippen molar-refractivity contribution in [3.63, 3.8) is 0 Å². The number of benzene rings is 1. The summed E-state index contributed by atoms with van der Waals surface area (Å²) in [5.74, 6) is -1.13. The molecule has 0 saturated heterocycles. The molecule has 1 fully saturated rings. The first-order valence-electron chi connectivity index (χ1n) is 7.00. The number of carbonyl (C=O) groups is 2. The van der Waals surface area contributed by atoms with Crippen molar-refractivity contribution in [3.05, 3.63) is 29.8 Å². The minimum absolute atomic E-state index is 0.163. The van der Waals surface area contributed by atoms with Crippen LogP contribution in [-0.4, -0.2) is 30.6 Å². The third-order valence-electron chi connectivity index (χ3n) is 4.02. The van der Waals surface area contributed by atoms with Gasteiger partial charge >= 0.3 is 5.97 Å². The van der Waals surface area contributed by atoms with Crippen LogP contribution in [0.1, 0.15) is 25.8 Å². The first-order chi connectivity index (χ1) is 9.85. The highest BCUT2D eigenvalue weighted by Crippen LogP contribution is 2.38. The first kappa shape index (κ1) is 15.4. The van der Waals surface area contributed by atoms with Gasteiger partial charge in [-0.1, -0.05) is 26.0 Å². The van der Waals surface area contributed by atoms with Gasteiger partial charge in [0, 0.05) is 12.0 Å². The van der Waals surface area contributed by atoms with E-state index in [1.807, 2.05) is 38.1 Å². The van der Waals surface area contributed by atoms with Crippen molar-refractivity contribution in [1.82, 2.24) is 5.32 Å². The number of methoxy groups -OCH3 is 1. The van der Waals surface area contributed by atoms with Crippen molar-refractivity contribution in [2.75, 3.05) is 13.7 Å². The molecule has 1 saturated carbocycles. The van der Waals surface area contributed by atoms with Gasteiger partial charge in [0.25, 0.3) is 0 Å². The Balaban J connectivity index is 1.91. The summed E-state index contributed by atoms with van der Waals surface area (Å²) >= 11 is 0. The Morgan fingerprint density at radius 1 is 1.29 bits per heavy atom. The lowest BCUT2D eigenvalue weighted by atomic mass is 9.84. The SMILES string of the molecule is COc1ccc(C(C)(C)CNC(=O)C2CC2C(=O)O)cc1. The van der Waals surface area contributed by atoms with Crippen LogP contribution in [0.2, 0.25) is 0 Å². The molecule has 5 nitrogen and oxygen atoms in total. The van der Waals surface area contributed by atoms with Gasteiger partial charge in [-0.15, -0.1) is 0 Å². The monoisotopic (exact) mass is 291 g/mol. The molecule has 2 rings (SSSR count). The summed E-state index contributed by atoms with van der Waals surface area (Å²) in [5.41, 5.74) is 0.865. The standard InChI is InChI=1S/C16H21NO4/c1-16(2,10-4-6-11(21-3)7-5-10)9-17-14(18)12-8-13(12)15(19)20/h4-7,12-13H,8-9H2,1-3H3,(H,17,18)(H,19,20). The smallest absolute Gasteiger partial charge is 0.307 e. The van der Waals surface area contributed by atoms with Crippen molar-refractivity contribution in [1.29, 1.82) is 0 Å². The lowest BCUT2D eigenvalue weighted by Crippen LogP contribution is -2.37. The Labute approximate surface area is 124 Å². The van der Waals surface area contributed by atoms with Crippen molar-refractivity contribution < 1.29 is 19.4 Å². The lowest BCUT2D eigenvalue weighted by molar-refractivity contribution is -0.140. The molecule has 0 spiro atoms. The van der Waals surface area contributed by atoms with Crippen LogP contribution in [0, 0.1) is 11.8 Å².